The molecule has 2 aromatic carbocycles. The number of nitrogens with zero attached hydrogens (tertiary/aromatic N) is 2. The number of fused-ring (bicyclic) bond motifs is 4. The first-order valence-electron chi connectivity index (χ1n) is 10.1. The number of hydrogen-bond donors (Lipinski definition) is 3. The Morgan fingerprint density at radius 1 is 1.18 bits per heavy atom. The number of rotatable bonds is 4. The molecule has 0 amide bonds. The molecule has 4 heterocycles. The molecule has 0 aliphatic carbocycles. The highest BCUT2D eigenvalue weighted by molar-refractivity contribution is 6.17. The van der Waals surface area contributed by atoms with E-state index in [1.807, 2.05) is 0 Å². The summed E-state index contributed by atoms with van der Waals surface area (Å²) < 4.78 is 22.1. The number of carboxylic acid groups (broad SMARTS) is 1. The normalized spacial score (nSPS) is 11.7. The van der Waals surface area contributed by atoms with Crippen molar-refractivity contribution < 1.29 is 18.7 Å². The molecule has 33 heavy (non-hydrogen) atoms. The van der Waals surface area contributed by atoms with Crippen LogP contribution in [0.2, 0.25) is 0 Å². The Kier molecular flexibility index (Phi) is 4.00. The van der Waals surface area contributed by atoms with Gasteiger partial charge in [-0.2, -0.15) is 5.10 Å². The van der Waals surface area contributed by atoms with Gasteiger partial charge in [0.2, 0.25) is 0 Å². The summed E-state index contributed by atoms with van der Waals surface area (Å²) in [5.41, 5.74) is 1.65. The highest BCUT2D eigenvalue weighted by atomic mass is 19.1. The van der Waals surface area contributed by atoms with Crippen molar-refractivity contribution in [1.29, 1.82) is 0 Å². The Balaban J connectivity index is 1.72. The van der Waals surface area contributed by atoms with Gasteiger partial charge in [0.15, 0.2) is 0 Å². The second-order valence-corrected chi connectivity index (χ2v) is 7.73. The van der Waals surface area contributed by atoms with Crippen molar-refractivity contribution in [3.63, 3.8) is 0 Å². The number of hydrogen-bond acceptors (Lipinski definition) is 4. The number of nitrogens with one attached hydrogen (secondary N) is 2. The molecule has 0 radical (unpaired) electrons. The number of H-pyrrole nitrogens is 2. The lowest BCUT2D eigenvalue weighted by atomic mass is 10.0. The molecular formula is C24H15FN4O4. The van der Waals surface area contributed by atoms with Gasteiger partial charge in [-0.15, -0.1) is 0 Å². The third-order valence-corrected chi connectivity index (χ3v) is 5.87. The molecule has 0 aliphatic heterocycles. The van der Waals surface area contributed by atoms with Crippen LogP contribution in [0.25, 0.3) is 43.9 Å². The number of furan rings is 1. The molecule has 0 bridgehead atoms. The number of halogens is 1. The second-order valence-electron chi connectivity index (χ2n) is 7.73. The fraction of sp³-hybridized carbons (Fsp3) is 0.0417. The van der Waals surface area contributed by atoms with Gasteiger partial charge in [0, 0.05) is 28.1 Å². The number of benzene rings is 2. The van der Waals surface area contributed by atoms with E-state index in [0.29, 0.717) is 27.4 Å². The lowest BCUT2D eigenvalue weighted by Crippen LogP contribution is -2.14. The van der Waals surface area contributed by atoms with Gasteiger partial charge in [-0.3, -0.25) is 9.89 Å². The number of aromatic amines is 2. The van der Waals surface area contributed by atoms with Crippen LogP contribution in [0.5, 0.6) is 0 Å². The van der Waals surface area contributed by atoms with Crippen molar-refractivity contribution in [3.05, 3.63) is 88.5 Å². The van der Waals surface area contributed by atoms with E-state index in [9.17, 15) is 19.1 Å². The van der Waals surface area contributed by atoms with E-state index in [-0.39, 0.29) is 28.9 Å². The zero-order valence-electron chi connectivity index (χ0n) is 16.9. The van der Waals surface area contributed by atoms with Crippen molar-refractivity contribution >= 4 is 38.7 Å². The topological polar surface area (TPSA) is 117 Å². The van der Waals surface area contributed by atoms with Crippen molar-refractivity contribution in [2.75, 3.05) is 0 Å². The fourth-order valence-corrected chi connectivity index (χ4v) is 4.43. The van der Waals surface area contributed by atoms with Crippen LogP contribution in [0.15, 0.2) is 70.3 Å². The molecule has 3 N–H and O–H groups in total. The minimum absolute atomic E-state index is 0.0674. The number of aromatic nitrogens is 4. The van der Waals surface area contributed by atoms with Gasteiger partial charge in [-0.05, 0) is 42.5 Å². The average molecular weight is 442 g/mol. The maximum absolute atomic E-state index is 14.9. The van der Waals surface area contributed by atoms with E-state index in [4.69, 9.17) is 4.42 Å². The number of aromatic carboxylic acids is 1. The summed E-state index contributed by atoms with van der Waals surface area (Å²) in [6, 6.07) is 11.5. The molecule has 0 fully saturated rings. The predicted molar refractivity (Wildman–Crippen MR) is 120 cm³/mol. The van der Waals surface area contributed by atoms with E-state index < -0.39 is 17.3 Å². The van der Waals surface area contributed by atoms with E-state index in [2.05, 4.69) is 15.2 Å². The van der Waals surface area contributed by atoms with Gasteiger partial charge >= 0.3 is 5.97 Å². The molecule has 0 saturated carbocycles. The van der Waals surface area contributed by atoms with Gasteiger partial charge in [-0.25, -0.2) is 9.18 Å². The minimum atomic E-state index is -1.24. The van der Waals surface area contributed by atoms with Gasteiger partial charge < -0.3 is 19.1 Å². The maximum atomic E-state index is 14.9. The van der Waals surface area contributed by atoms with Crippen LogP contribution in [0.1, 0.15) is 16.1 Å². The van der Waals surface area contributed by atoms with Crippen LogP contribution in [-0.2, 0) is 6.54 Å². The standard InChI is InChI=1S/C24H15FN4O4/c25-16-9-17-13(10-27-28-17)8-14(16)11-29-18-4-3-12-5-7-33-22(12)20(18)19(21(29)24(31)32)15-2-1-6-26-23(15)30/h1-10H,11H2,(H,26,30)(H,27,28)(H,31,32). The van der Waals surface area contributed by atoms with Gasteiger partial charge in [0.1, 0.15) is 17.1 Å². The molecule has 6 rings (SSSR count). The number of carbonyl (C=O) groups is 1. The Hall–Kier alpha value is -4.66. The maximum Gasteiger partial charge on any atom is 0.353 e. The molecule has 0 aliphatic rings. The Morgan fingerprint density at radius 2 is 2.06 bits per heavy atom. The fourth-order valence-electron chi connectivity index (χ4n) is 4.43. The summed E-state index contributed by atoms with van der Waals surface area (Å²) in [6.07, 6.45) is 4.56. The number of pyridine rings is 1. The molecule has 0 spiro atoms. The highest BCUT2D eigenvalue weighted by Gasteiger charge is 2.28. The van der Waals surface area contributed by atoms with E-state index in [1.54, 1.807) is 42.6 Å². The zero-order chi connectivity index (χ0) is 22.7. The molecule has 0 saturated heterocycles. The van der Waals surface area contributed by atoms with Crippen LogP contribution in [0, 0.1) is 5.82 Å². The first-order valence-corrected chi connectivity index (χ1v) is 10.1. The Bertz CT molecular complexity index is 1770. The molecule has 6 aromatic rings. The van der Waals surface area contributed by atoms with E-state index in [1.165, 1.54) is 23.1 Å². The summed E-state index contributed by atoms with van der Waals surface area (Å²) in [6.45, 7) is -0.0674. The highest BCUT2D eigenvalue weighted by Crippen LogP contribution is 2.39. The summed E-state index contributed by atoms with van der Waals surface area (Å²) >= 11 is 0. The molecule has 0 atom stereocenters. The van der Waals surface area contributed by atoms with Crippen LogP contribution in [-0.4, -0.2) is 30.8 Å². The van der Waals surface area contributed by atoms with Crippen molar-refractivity contribution in [3.8, 4) is 11.1 Å². The van der Waals surface area contributed by atoms with Gasteiger partial charge in [0.05, 0.1) is 41.0 Å². The van der Waals surface area contributed by atoms with Crippen LogP contribution in [0.4, 0.5) is 4.39 Å². The lowest BCUT2D eigenvalue weighted by molar-refractivity contribution is 0.0687. The molecule has 0 unspecified atom stereocenters. The third kappa shape index (κ3) is 2.79. The molecule has 8 nitrogen and oxygen atoms in total. The van der Waals surface area contributed by atoms with Crippen molar-refractivity contribution in [1.82, 2.24) is 19.7 Å². The average Bonchev–Trinajstić information content (AvgIpc) is 3.51. The van der Waals surface area contributed by atoms with Gasteiger partial charge in [-0.1, -0.05) is 0 Å². The molecular weight excluding hydrogens is 427 g/mol. The first-order chi connectivity index (χ1) is 16.0. The Labute approximate surface area is 183 Å². The summed E-state index contributed by atoms with van der Waals surface area (Å²) in [5, 5.41) is 18.8. The van der Waals surface area contributed by atoms with E-state index >= 15 is 0 Å². The van der Waals surface area contributed by atoms with Crippen molar-refractivity contribution in [2.45, 2.75) is 6.54 Å². The quantitative estimate of drug-likeness (QED) is 0.372. The third-order valence-electron chi connectivity index (χ3n) is 5.87. The van der Waals surface area contributed by atoms with Gasteiger partial charge in [0.25, 0.3) is 5.56 Å². The second kappa shape index (κ2) is 6.92. The zero-order valence-corrected chi connectivity index (χ0v) is 16.9. The molecule has 162 valence electrons. The first kappa shape index (κ1) is 19.1. The summed E-state index contributed by atoms with van der Waals surface area (Å²) in [4.78, 5) is 27.8. The van der Waals surface area contributed by atoms with Crippen molar-refractivity contribution in [2.24, 2.45) is 0 Å². The summed E-state index contributed by atoms with van der Waals surface area (Å²) in [7, 11) is 0. The van der Waals surface area contributed by atoms with Crippen LogP contribution < -0.4 is 5.56 Å². The predicted octanol–water partition coefficient (Wildman–Crippen LogP) is 4.50. The molecule has 4 aromatic heterocycles. The largest absolute Gasteiger partial charge is 0.477 e. The smallest absolute Gasteiger partial charge is 0.353 e. The lowest BCUT2D eigenvalue weighted by Gasteiger charge is -2.10. The SMILES string of the molecule is O=C(O)c1c(-c2ccc[nH]c2=O)c2c3occc3ccc2n1Cc1cc2cn[nH]c2cc1F. The Morgan fingerprint density at radius 3 is 2.88 bits per heavy atom. The van der Waals surface area contributed by atoms with Crippen LogP contribution >= 0.6 is 0 Å². The summed E-state index contributed by atoms with van der Waals surface area (Å²) in [5.74, 6) is -1.74. The minimum Gasteiger partial charge on any atom is -0.477 e. The monoisotopic (exact) mass is 442 g/mol. The molecule has 9 heteroatoms. The van der Waals surface area contributed by atoms with E-state index in [0.717, 1.165) is 5.39 Å². The number of carboxylic acids is 1. The van der Waals surface area contributed by atoms with Crippen LogP contribution in [0.3, 0.4) is 0 Å².